The summed E-state index contributed by atoms with van der Waals surface area (Å²) in [6.07, 6.45) is 1.32. The Morgan fingerprint density at radius 3 is 2.76 bits per heavy atom. The van der Waals surface area contributed by atoms with Gasteiger partial charge in [0.15, 0.2) is 11.3 Å². The maximum absolute atomic E-state index is 11.2. The number of amides is 1. The fourth-order valence-corrected chi connectivity index (χ4v) is 1.65. The second kappa shape index (κ2) is 3.89. The van der Waals surface area contributed by atoms with E-state index in [0.29, 0.717) is 0 Å². The third kappa shape index (κ3) is 1.54. The number of carbonyl (C=O) groups excluding carboxylic acids is 1. The van der Waals surface area contributed by atoms with Crippen molar-refractivity contribution in [1.82, 2.24) is 0 Å². The van der Waals surface area contributed by atoms with Gasteiger partial charge < -0.3 is 25.1 Å². The van der Waals surface area contributed by atoms with Crippen molar-refractivity contribution in [2.75, 3.05) is 6.61 Å². The lowest BCUT2D eigenvalue weighted by Gasteiger charge is -2.10. The molecule has 2 aromatic rings. The quantitative estimate of drug-likeness (QED) is 0.746. The summed E-state index contributed by atoms with van der Waals surface area (Å²) in [6.45, 7) is 1.98. The third-order valence-electron chi connectivity index (χ3n) is 2.35. The molecular formula is C11H11NO5. The van der Waals surface area contributed by atoms with Crippen LogP contribution < -0.4 is 10.5 Å². The van der Waals surface area contributed by atoms with Crippen LogP contribution in [0.1, 0.15) is 17.3 Å². The van der Waals surface area contributed by atoms with Crippen molar-refractivity contribution in [3.8, 4) is 17.2 Å². The molecule has 1 amide bonds. The molecule has 0 fully saturated rings. The Morgan fingerprint density at radius 2 is 2.18 bits per heavy atom. The lowest BCUT2D eigenvalue weighted by Crippen LogP contribution is -2.12. The van der Waals surface area contributed by atoms with Gasteiger partial charge in [0.05, 0.1) is 18.3 Å². The Bertz CT molecular complexity index is 587. The lowest BCUT2D eigenvalue weighted by atomic mass is 10.1. The van der Waals surface area contributed by atoms with E-state index in [1.807, 2.05) is 0 Å². The smallest absolute Gasteiger partial charge is 0.256 e. The first-order chi connectivity index (χ1) is 8.07. The van der Waals surface area contributed by atoms with E-state index < -0.39 is 17.4 Å². The fraction of sp³-hybridized carbons (Fsp3) is 0.182. The number of hydrogen-bond acceptors (Lipinski definition) is 5. The first-order valence-electron chi connectivity index (χ1n) is 4.95. The Morgan fingerprint density at radius 1 is 1.47 bits per heavy atom. The maximum Gasteiger partial charge on any atom is 0.256 e. The van der Waals surface area contributed by atoms with Crippen LogP contribution in [0.4, 0.5) is 0 Å². The van der Waals surface area contributed by atoms with Gasteiger partial charge in [-0.15, -0.1) is 0 Å². The molecule has 6 heteroatoms. The monoisotopic (exact) mass is 237 g/mol. The van der Waals surface area contributed by atoms with Gasteiger partial charge in [0.1, 0.15) is 11.3 Å². The molecule has 2 rings (SSSR count). The van der Waals surface area contributed by atoms with Crippen LogP contribution in [0.5, 0.6) is 17.2 Å². The summed E-state index contributed by atoms with van der Waals surface area (Å²) in [6, 6.07) is 1.46. The van der Waals surface area contributed by atoms with Crippen molar-refractivity contribution in [1.29, 1.82) is 0 Å². The van der Waals surface area contributed by atoms with E-state index in [1.54, 1.807) is 6.92 Å². The zero-order valence-electron chi connectivity index (χ0n) is 9.06. The van der Waals surface area contributed by atoms with Crippen LogP contribution in [0.2, 0.25) is 0 Å². The van der Waals surface area contributed by atoms with E-state index in [4.69, 9.17) is 14.9 Å². The van der Waals surface area contributed by atoms with Crippen LogP contribution in [0.25, 0.3) is 11.0 Å². The van der Waals surface area contributed by atoms with Gasteiger partial charge in [-0.25, -0.2) is 0 Å². The van der Waals surface area contributed by atoms with Crippen molar-refractivity contribution >= 4 is 16.9 Å². The van der Waals surface area contributed by atoms with E-state index in [0.717, 1.165) is 0 Å². The van der Waals surface area contributed by atoms with Crippen LogP contribution in [-0.2, 0) is 0 Å². The van der Waals surface area contributed by atoms with Crippen LogP contribution in [-0.4, -0.2) is 22.7 Å². The van der Waals surface area contributed by atoms with Gasteiger partial charge >= 0.3 is 0 Å². The molecule has 90 valence electrons. The predicted octanol–water partition coefficient (Wildman–Crippen LogP) is 1.34. The van der Waals surface area contributed by atoms with Crippen LogP contribution in [0.3, 0.4) is 0 Å². The molecule has 0 unspecified atom stereocenters. The van der Waals surface area contributed by atoms with Crippen molar-refractivity contribution in [2.24, 2.45) is 5.73 Å². The predicted molar refractivity (Wildman–Crippen MR) is 59.2 cm³/mol. The number of nitrogens with two attached hydrogens (primary N) is 1. The summed E-state index contributed by atoms with van der Waals surface area (Å²) in [7, 11) is 0. The minimum Gasteiger partial charge on any atom is -0.506 e. The van der Waals surface area contributed by atoms with Gasteiger partial charge in [0.2, 0.25) is 5.75 Å². The highest BCUT2D eigenvalue weighted by Crippen LogP contribution is 2.44. The third-order valence-corrected chi connectivity index (χ3v) is 2.35. The highest BCUT2D eigenvalue weighted by atomic mass is 16.5. The first-order valence-corrected chi connectivity index (χ1v) is 4.95. The standard InChI is InChI=1S/C11H11NO5/c1-2-16-10-8(14)6(11(12)15)7(13)5-3-4-17-9(5)10/h3-4,13-14H,2H2,1H3,(H2,12,15). The number of rotatable bonds is 3. The molecule has 0 aliphatic rings. The molecule has 1 aromatic heterocycles. The van der Waals surface area contributed by atoms with Crippen LogP contribution >= 0.6 is 0 Å². The normalized spacial score (nSPS) is 10.6. The molecule has 0 saturated carbocycles. The Kier molecular flexibility index (Phi) is 2.55. The molecule has 0 saturated heterocycles. The van der Waals surface area contributed by atoms with Crippen molar-refractivity contribution in [3.63, 3.8) is 0 Å². The molecule has 1 heterocycles. The van der Waals surface area contributed by atoms with Crippen molar-refractivity contribution in [3.05, 3.63) is 17.9 Å². The molecular weight excluding hydrogens is 226 g/mol. The number of hydrogen-bond donors (Lipinski definition) is 3. The number of aromatic hydroxyl groups is 2. The first kappa shape index (κ1) is 11.1. The molecule has 0 bridgehead atoms. The lowest BCUT2D eigenvalue weighted by molar-refractivity contribution is 0.0994. The van der Waals surface area contributed by atoms with Crippen LogP contribution in [0, 0.1) is 0 Å². The molecule has 0 spiro atoms. The number of furan rings is 1. The zero-order valence-corrected chi connectivity index (χ0v) is 9.06. The average molecular weight is 237 g/mol. The van der Waals surface area contributed by atoms with E-state index >= 15 is 0 Å². The topological polar surface area (TPSA) is 106 Å². The highest BCUT2D eigenvalue weighted by Gasteiger charge is 2.25. The maximum atomic E-state index is 11.2. The van der Waals surface area contributed by atoms with Gasteiger partial charge in [0, 0.05) is 0 Å². The Balaban J connectivity index is 2.86. The summed E-state index contributed by atoms with van der Waals surface area (Å²) < 4.78 is 10.3. The fourth-order valence-electron chi connectivity index (χ4n) is 1.65. The average Bonchev–Trinajstić information content (AvgIpc) is 2.72. The van der Waals surface area contributed by atoms with Gasteiger partial charge in [-0.1, -0.05) is 0 Å². The minimum atomic E-state index is -0.941. The second-order valence-electron chi connectivity index (χ2n) is 3.36. The van der Waals surface area contributed by atoms with Gasteiger partial charge in [-0.3, -0.25) is 4.79 Å². The Labute approximate surface area is 96.2 Å². The van der Waals surface area contributed by atoms with Gasteiger partial charge in [-0.2, -0.15) is 0 Å². The SMILES string of the molecule is CCOc1c(O)c(C(N)=O)c(O)c2ccoc12. The minimum absolute atomic E-state index is 0.000833. The molecule has 1 aromatic carbocycles. The summed E-state index contributed by atoms with van der Waals surface area (Å²) in [4.78, 5) is 11.2. The molecule has 0 aliphatic carbocycles. The van der Waals surface area contributed by atoms with E-state index in [-0.39, 0.29) is 28.9 Å². The summed E-state index contributed by atoms with van der Waals surface area (Å²) in [5, 5.41) is 19.9. The summed E-state index contributed by atoms with van der Waals surface area (Å²) in [5.41, 5.74) is 4.90. The van der Waals surface area contributed by atoms with Gasteiger partial charge in [-0.05, 0) is 13.0 Å². The highest BCUT2D eigenvalue weighted by molar-refractivity contribution is 6.07. The van der Waals surface area contributed by atoms with Crippen LogP contribution in [0.15, 0.2) is 16.7 Å². The molecule has 0 radical (unpaired) electrons. The van der Waals surface area contributed by atoms with Gasteiger partial charge in [0.25, 0.3) is 5.91 Å². The number of fused-ring (bicyclic) bond motifs is 1. The number of ether oxygens (including phenoxy) is 1. The number of phenols is 2. The number of primary amides is 1. The molecule has 0 aliphatic heterocycles. The second-order valence-corrected chi connectivity index (χ2v) is 3.36. The van der Waals surface area contributed by atoms with Crippen molar-refractivity contribution < 1.29 is 24.2 Å². The molecule has 4 N–H and O–H groups in total. The van der Waals surface area contributed by atoms with E-state index in [1.165, 1.54) is 12.3 Å². The van der Waals surface area contributed by atoms with E-state index in [2.05, 4.69) is 0 Å². The molecule has 6 nitrogen and oxygen atoms in total. The Hall–Kier alpha value is -2.37. The summed E-state index contributed by atoms with van der Waals surface area (Å²) >= 11 is 0. The molecule has 0 atom stereocenters. The van der Waals surface area contributed by atoms with Crippen molar-refractivity contribution in [2.45, 2.75) is 6.92 Å². The summed E-state index contributed by atoms with van der Waals surface area (Å²) in [5.74, 6) is -1.87. The number of carbonyl (C=O) groups is 1. The zero-order chi connectivity index (χ0) is 12.6. The van der Waals surface area contributed by atoms with E-state index in [9.17, 15) is 15.0 Å². The molecule has 17 heavy (non-hydrogen) atoms. The largest absolute Gasteiger partial charge is 0.506 e. The number of benzene rings is 1.